The van der Waals surface area contributed by atoms with Crippen molar-refractivity contribution in [1.29, 1.82) is 0 Å². The van der Waals surface area contributed by atoms with Crippen LogP contribution in [-0.4, -0.2) is 26.3 Å². The van der Waals surface area contributed by atoms with Crippen molar-refractivity contribution in [3.05, 3.63) is 17.0 Å². The van der Waals surface area contributed by atoms with E-state index in [1.165, 1.54) is 15.6 Å². The minimum Gasteiger partial charge on any atom is -0.206 e. The average molecular weight is 261 g/mol. The van der Waals surface area contributed by atoms with Gasteiger partial charge in [-0.1, -0.05) is 20.8 Å². The van der Waals surface area contributed by atoms with Gasteiger partial charge in [0, 0.05) is 18.5 Å². The van der Waals surface area contributed by atoms with Gasteiger partial charge in [0.2, 0.25) is 0 Å². The Bertz CT molecular complexity index is 455. The fourth-order valence-corrected chi connectivity index (χ4v) is 4.35. The first-order valence-electron chi connectivity index (χ1n) is 5.16. The number of hydrogen-bond acceptors (Lipinski definition) is 3. The lowest BCUT2D eigenvalue weighted by Crippen LogP contribution is -2.34. The Morgan fingerprint density at radius 3 is 2.25 bits per heavy atom. The lowest BCUT2D eigenvalue weighted by Gasteiger charge is -2.25. The third-order valence-electron chi connectivity index (χ3n) is 2.08. The summed E-state index contributed by atoms with van der Waals surface area (Å²) in [7, 11) is -1.66. The molecule has 0 fully saturated rings. The molecule has 0 bridgehead atoms. The summed E-state index contributed by atoms with van der Waals surface area (Å²) in [4.78, 5) is 1.02. The van der Waals surface area contributed by atoms with Gasteiger partial charge in [0.25, 0.3) is 10.0 Å². The highest BCUT2D eigenvalue weighted by molar-refractivity contribution is 7.91. The minimum atomic E-state index is -3.30. The Morgan fingerprint density at radius 1 is 1.31 bits per heavy atom. The molecular weight excluding hydrogens is 242 g/mol. The van der Waals surface area contributed by atoms with Gasteiger partial charge in [-0.15, -0.1) is 11.3 Å². The van der Waals surface area contributed by atoms with Crippen LogP contribution in [-0.2, 0) is 10.0 Å². The predicted octanol–water partition coefficient (Wildman–Crippen LogP) is 2.72. The quantitative estimate of drug-likeness (QED) is 0.839. The molecule has 16 heavy (non-hydrogen) atoms. The highest BCUT2D eigenvalue weighted by Gasteiger charge is 2.26. The van der Waals surface area contributed by atoms with E-state index >= 15 is 0 Å². The fraction of sp³-hybridized carbons (Fsp3) is 0.636. The molecule has 1 rings (SSSR count). The molecule has 0 aliphatic heterocycles. The van der Waals surface area contributed by atoms with E-state index in [0.717, 1.165) is 4.88 Å². The first kappa shape index (κ1) is 13.7. The van der Waals surface area contributed by atoms with Crippen molar-refractivity contribution in [2.45, 2.75) is 31.9 Å². The maximum Gasteiger partial charge on any atom is 0.252 e. The second kappa shape index (κ2) is 4.47. The van der Waals surface area contributed by atoms with Crippen LogP contribution in [0.2, 0.25) is 0 Å². The molecule has 1 heterocycles. The number of thiophene rings is 1. The van der Waals surface area contributed by atoms with Gasteiger partial charge in [0.05, 0.1) is 0 Å². The summed E-state index contributed by atoms with van der Waals surface area (Å²) in [6, 6.07) is 3.51. The fourth-order valence-electron chi connectivity index (χ4n) is 1.46. The van der Waals surface area contributed by atoms with Crippen LogP contribution in [0.15, 0.2) is 16.3 Å². The van der Waals surface area contributed by atoms with E-state index in [-0.39, 0.29) is 5.41 Å². The van der Waals surface area contributed by atoms with Gasteiger partial charge in [-0.25, -0.2) is 8.42 Å². The van der Waals surface area contributed by atoms with Crippen LogP contribution in [0, 0.1) is 12.3 Å². The Hall–Kier alpha value is -0.390. The van der Waals surface area contributed by atoms with Crippen LogP contribution in [0.25, 0.3) is 0 Å². The zero-order chi connectivity index (χ0) is 12.6. The van der Waals surface area contributed by atoms with Gasteiger partial charge < -0.3 is 0 Å². The molecule has 0 aliphatic rings. The monoisotopic (exact) mass is 261 g/mol. The first-order chi connectivity index (χ1) is 7.13. The molecule has 0 radical (unpaired) electrons. The van der Waals surface area contributed by atoms with Crippen molar-refractivity contribution in [1.82, 2.24) is 4.31 Å². The topological polar surface area (TPSA) is 37.4 Å². The highest BCUT2D eigenvalue weighted by Crippen LogP contribution is 2.25. The van der Waals surface area contributed by atoms with Gasteiger partial charge in [0.1, 0.15) is 4.21 Å². The summed E-state index contributed by atoms with van der Waals surface area (Å²) in [6.45, 7) is 8.51. The molecule has 5 heteroatoms. The van der Waals surface area contributed by atoms with Crippen LogP contribution in [0.5, 0.6) is 0 Å². The molecule has 92 valence electrons. The predicted molar refractivity (Wildman–Crippen MR) is 68.3 cm³/mol. The van der Waals surface area contributed by atoms with Crippen LogP contribution < -0.4 is 0 Å². The standard InChI is InChI=1S/C11H19NO2S2/c1-9-6-7-10(15-9)16(13,14)12(5)8-11(2,3)4/h6-7H,8H2,1-5H3. The maximum atomic E-state index is 12.2. The van der Waals surface area contributed by atoms with E-state index in [2.05, 4.69) is 0 Å². The van der Waals surface area contributed by atoms with Crippen LogP contribution in [0.1, 0.15) is 25.6 Å². The lowest BCUT2D eigenvalue weighted by molar-refractivity contribution is 0.311. The SMILES string of the molecule is Cc1ccc(S(=O)(=O)N(C)CC(C)(C)C)s1. The van der Waals surface area contributed by atoms with Gasteiger partial charge in [0.15, 0.2) is 0 Å². The van der Waals surface area contributed by atoms with Gasteiger partial charge >= 0.3 is 0 Å². The van der Waals surface area contributed by atoms with Crippen molar-refractivity contribution in [3.8, 4) is 0 Å². The van der Waals surface area contributed by atoms with Gasteiger partial charge in [-0.2, -0.15) is 4.31 Å². The van der Waals surface area contributed by atoms with Crippen LogP contribution in [0.3, 0.4) is 0 Å². The van der Waals surface area contributed by atoms with E-state index in [1.54, 1.807) is 13.1 Å². The van der Waals surface area contributed by atoms with E-state index in [0.29, 0.717) is 10.8 Å². The number of sulfonamides is 1. The van der Waals surface area contributed by atoms with Crippen LogP contribution in [0.4, 0.5) is 0 Å². The number of aryl methyl sites for hydroxylation is 1. The number of rotatable bonds is 3. The summed E-state index contributed by atoms with van der Waals surface area (Å²) in [6.07, 6.45) is 0. The molecule has 0 aromatic carbocycles. The number of hydrogen-bond donors (Lipinski definition) is 0. The third-order valence-corrected chi connectivity index (χ3v) is 5.35. The van der Waals surface area contributed by atoms with Gasteiger partial charge in [-0.05, 0) is 24.5 Å². The van der Waals surface area contributed by atoms with Gasteiger partial charge in [-0.3, -0.25) is 0 Å². The summed E-state index contributed by atoms with van der Waals surface area (Å²) in [5.74, 6) is 0. The summed E-state index contributed by atoms with van der Waals surface area (Å²) < 4.78 is 26.2. The molecule has 0 unspecified atom stereocenters. The molecule has 0 saturated heterocycles. The third kappa shape index (κ3) is 3.30. The lowest BCUT2D eigenvalue weighted by atomic mass is 9.97. The van der Waals surface area contributed by atoms with E-state index in [4.69, 9.17) is 0 Å². The smallest absolute Gasteiger partial charge is 0.206 e. The second-order valence-electron chi connectivity index (χ2n) is 5.19. The second-order valence-corrected chi connectivity index (χ2v) is 8.75. The number of nitrogens with zero attached hydrogens (tertiary/aromatic N) is 1. The zero-order valence-corrected chi connectivity index (χ0v) is 12.1. The highest BCUT2D eigenvalue weighted by atomic mass is 32.2. The normalized spacial score (nSPS) is 13.4. The van der Waals surface area contributed by atoms with Crippen molar-refractivity contribution >= 4 is 21.4 Å². The molecule has 0 spiro atoms. The summed E-state index contributed by atoms with van der Waals surface area (Å²) in [5.41, 5.74) is -0.0336. The Morgan fingerprint density at radius 2 is 1.88 bits per heavy atom. The van der Waals surface area contributed by atoms with E-state index < -0.39 is 10.0 Å². The largest absolute Gasteiger partial charge is 0.252 e. The van der Waals surface area contributed by atoms with Crippen molar-refractivity contribution in [2.75, 3.05) is 13.6 Å². The van der Waals surface area contributed by atoms with E-state index in [1.807, 2.05) is 33.8 Å². The average Bonchev–Trinajstić information content (AvgIpc) is 2.48. The first-order valence-corrected chi connectivity index (χ1v) is 7.41. The Labute approximate surface area is 102 Å². The molecule has 1 aromatic rings. The summed E-state index contributed by atoms with van der Waals surface area (Å²) >= 11 is 1.32. The molecule has 0 amide bonds. The molecule has 0 atom stereocenters. The zero-order valence-electron chi connectivity index (χ0n) is 10.4. The maximum absolute atomic E-state index is 12.2. The Balaban J connectivity index is 2.95. The molecular formula is C11H19NO2S2. The molecule has 1 aromatic heterocycles. The minimum absolute atomic E-state index is 0.0336. The van der Waals surface area contributed by atoms with Crippen molar-refractivity contribution < 1.29 is 8.42 Å². The molecule has 0 aliphatic carbocycles. The molecule has 0 saturated carbocycles. The summed E-state index contributed by atoms with van der Waals surface area (Å²) in [5, 5.41) is 0. The van der Waals surface area contributed by atoms with Crippen molar-refractivity contribution in [2.24, 2.45) is 5.41 Å². The molecule has 3 nitrogen and oxygen atoms in total. The van der Waals surface area contributed by atoms with Crippen molar-refractivity contribution in [3.63, 3.8) is 0 Å². The van der Waals surface area contributed by atoms with E-state index in [9.17, 15) is 8.42 Å². The van der Waals surface area contributed by atoms with Crippen LogP contribution >= 0.6 is 11.3 Å². The Kier molecular flexibility index (Phi) is 3.82. The molecule has 0 N–H and O–H groups in total.